The summed E-state index contributed by atoms with van der Waals surface area (Å²) < 4.78 is 28.7. The molecule has 0 aliphatic carbocycles. The van der Waals surface area contributed by atoms with Gasteiger partial charge in [-0.25, -0.2) is 8.78 Å². The molecule has 8 heteroatoms. The van der Waals surface area contributed by atoms with Gasteiger partial charge in [0.2, 0.25) is 5.91 Å². The molecule has 1 saturated heterocycles. The molecule has 1 amide bonds. The lowest BCUT2D eigenvalue weighted by Gasteiger charge is -2.36. The Labute approximate surface area is 156 Å². The summed E-state index contributed by atoms with van der Waals surface area (Å²) in [5.74, 6) is -1.66. The van der Waals surface area contributed by atoms with Crippen molar-refractivity contribution in [2.45, 2.75) is 26.4 Å². The fourth-order valence-electron chi connectivity index (χ4n) is 3.07. The van der Waals surface area contributed by atoms with E-state index in [1.54, 1.807) is 35.7 Å². The van der Waals surface area contributed by atoms with Crippen LogP contribution in [-0.4, -0.2) is 51.7 Å². The van der Waals surface area contributed by atoms with Gasteiger partial charge in [-0.1, -0.05) is 23.7 Å². The first-order valence-corrected chi connectivity index (χ1v) is 8.90. The summed E-state index contributed by atoms with van der Waals surface area (Å²) in [6.45, 7) is 6.19. The highest BCUT2D eigenvalue weighted by Crippen LogP contribution is 2.19. The zero-order valence-corrected chi connectivity index (χ0v) is 15.5. The van der Waals surface area contributed by atoms with E-state index in [-0.39, 0.29) is 5.91 Å². The van der Waals surface area contributed by atoms with Crippen LogP contribution in [0.5, 0.6) is 0 Å². The monoisotopic (exact) mass is 382 g/mol. The van der Waals surface area contributed by atoms with Gasteiger partial charge in [0.15, 0.2) is 11.6 Å². The summed E-state index contributed by atoms with van der Waals surface area (Å²) in [5.41, 5.74) is 1.02. The van der Waals surface area contributed by atoms with Gasteiger partial charge in [-0.15, -0.1) is 0 Å². The van der Waals surface area contributed by atoms with Gasteiger partial charge in [0.05, 0.1) is 10.7 Å². The molecule has 3 rings (SSSR count). The number of halogens is 3. The SMILES string of the molecule is Cc1nn(C(C)C(=O)N2CCN(Cc3cccc(F)c3F)CC2)cc1Cl. The second-order valence-corrected chi connectivity index (χ2v) is 6.94. The van der Waals surface area contributed by atoms with Crippen molar-refractivity contribution < 1.29 is 13.6 Å². The van der Waals surface area contributed by atoms with Crippen molar-refractivity contribution >= 4 is 17.5 Å². The molecule has 1 fully saturated rings. The first-order valence-electron chi connectivity index (χ1n) is 8.52. The van der Waals surface area contributed by atoms with E-state index in [2.05, 4.69) is 5.10 Å². The zero-order valence-electron chi connectivity index (χ0n) is 14.8. The molecular formula is C18H21ClF2N4O. The van der Waals surface area contributed by atoms with Crippen molar-refractivity contribution in [3.05, 3.63) is 52.3 Å². The van der Waals surface area contributed by atoms with Gasteiger partial charge in [-0.05, 0) is 19.9 Å². The van der Waals surface area contributed by atoms with Crippen LogP contribution in [0, 0.1) is 18.6 Å². The molecule has 0 radical (unpaired) electrons. The molecule has 0 N–H and O–H groups in total. The van der Waals surface area contributed by atoms with Gasteiger partial charge in [-0.3, -0.25) is 14.4 Å². The fraction of sp³-hybridized carbons (Fsp3) is 0.444. The van der Waals surface area contributed by atoms with Crippen LogP contribution in [0.3, 0.4) is 0 Å². The molecule has 0 bridgehead atoms. The molecule has 1 aliphatic heterocycles. The predicted molar refractivity (Wildman–Crippen MR) is 94.9 cm³/mol. The fourth-order valence-corrected chi connectivity index (χ4v) is 3.21. The number of amides is 1. The number of carbonyl (C=O) groups excluding carboxylic acids is 1. The van der Waals surface area contributed by atoms with Crippen LogP contribution in [0.15, 0.2) is 24.4 Å². The van der Waals surface area contributed by atoms with Crippen LogP contribution in [0.2, 0.25) is 5.02 Å². The largest absolute Gasteiger partial charge is 0.338 e. The highest BCUT2D eigenvalue weighted by Gasteiger charge is 2.27. The Balaban J connectivity index is 1.57. The Kier molecular flexibility index (Phi) is 5.58. The normalized spacial score (nSPS) is 16.7. The van der Waals surface area contributed by atoms with Crippen LogP contribution in [-0.2, 0) is 11.3 Å². The van der Waals surface area contributed by atoms with E-state index in [4.69, 9.17) is 11.6 Å². The Morgan fingerprint density at radius 1 is 1.27 bits per heavy atom. The molecular weight excluding hydrogens is 362 g/mol. The average molecular weight is 383 g/mol. The van der Waals surface area contributed by atoms with E-state index < -0.39 is 17.7 Å². The molecule has 140 valence electrons. The van der Waals surface area contributed by atoms with Crippen LogP contribution in [0.1, 0.15) is 24.2 Å². The summed E-state index contributed by atoms with van der Waals surface area (Å²) >= 11 is 6.01. The van der Waals surface area contributed by atoms with Crippen molar-refractivity contribution in [2.75, 3.05) is 26.2 Å². The van der Waals surface area contributed by atoms with E-state index in [1.807, 2.05) is 4.90 Å². The van der Waals surface area contributed by atoms with Gasteiger partial charge in [0, 0.05) is 44.5 Å². The van der Waals surface area contributed by atoms with Gasteiger partial charge in [0.1, 0.15) is 6.04 Å². The Bertz CT molecular complexity index is 783. The molecule has 1 atom stereocenters. The highest BCUT2D eigenvalue weighted by molar-refractivity contribution is 6.31. The second-order valence-electron chi connectivity index (χ2n) is 6.53. The maximum absolute atomic E-state index is 13.8. The molecule has 1 aromatic carbocycles. The zero-order chi connectivity index (χ0) is 18.8. The second kappa shape index (κ2) is 7.72. The van der Waals surface area contributed by atoms with Crippen LogP contribution in [0.25, 0.3) is 0 Å². The van der Waals surface area contributed by atoms with Gasteiger partial charge in [-0.2, -0.15) is 5.10 Å². The molecule has 2 aromatic rings. The molecule has 0 spiro atoms. The van der Waals surface area contributed by atoms with Crippen molar-refractivity contribution in [1.29, 1.82) is 0 Å². The van der Waals surface area contributed by atoms with Gasteiger partial charge in [0.25, 0.3) is 0 Å². The first kappa shape index (κ1) is 18.8. The van der Waals surface area contributed by atoms with E-state index in [0.717, 1.165) is 6.07 Å². The van der Waals surface area contributed by atoms with Crippen molar-refractivity contribution in [3.8, 4) is 0 Å². The number of hydrogen-bond acceptors (Lipinski definition) is 3. The molecule has 1 aliphatic rings. The van der Waals surface area contributed by atoms with E-state index in [0.29, 0.717) is 49.0 Å². The molecule has 26 heavy (non-hydrogen) atoms. The topological polar surface area (TPSA) is 41.4 Å². The molecule has 1 aromatic heterocycles. The Morgan fingerprint density at radius 2 is 1.96 bits per heavy atom. The molecule has 2 heterocycles. The van der Waals surface area contributed by atoms with E-state index in [1.165, 1.54) is 6.07 Å². The summed E-state index contributed by atoms with van der Waals surface area (Å²) in [5, 5.41) is 4.80. The molecule has 0 saturated carbocycles. The predicted octanol–water partition coefficient (Wildman–Crippen LogP) is 3.03. The number of aromatic nitrogens is 2. The van der Waals surface area contributed by atoms with Crippen LogP contribution < -0.4 is 0 Å². The quantitative estimate of drug-likeness (QED) is 0.816. The standard InChI is InChI=1S/C18H21ClF2N4O/c1-12-15(19)11-25(22-12)13(2)18(26)24-8-6-23(7-9-24)10-14-4-3-5-16(20)17(14)21/h3-5,11,13H,6-10H2,1-2H3. The third-order valence-electron chi connectivity index (χ3n) is 4.72. The van der Waals surface area contributed by atoms with Crippen molar-refractivity contribution in [3.63, 3.8) is 0 Å². The summed E-state index contributed by atoms with van der Waals surface area (Å²) in [6.07, 6.45) is 1.66. The van der Waals surface area contributed by atoms with Crippen molar-refractivity contribution in [1.82, 2.24) is 19.6 Å². The smallest absolute Gasteiger partial charge is 0.247 e. The first-order chi connectivity index (χ1) is 12.4. The minimum atomic E-state index is -0.835. The third kappa shape index (κ3) is 3.88. The third-order valence-corrected chi connectivity index (χ3v) is 5.09. The maximum atomic E-state index is 13.8. The van der Waals surface area contributed by atoms with Crippen molar-refractivity contribution in [2.24, 2.45) is 0 Å². The lowest BCUT2D eigenvalue weighted by atomic mass is 10.1. The average Bonchev–Trinajstić information content (AvgIpc) is 2.97. The Morgan fingerprint density at radius 3 is 2.58 bits per heavy atom. The van der Waals surface area contributed by atoms with E-state index in [9.17, 15) is 13.6 Å². The number of hydrogen-bond donors (Lipinski definition) is 0. The lowest BCUT2D eigenvalue weighted by Crippen LogP contribution is -2.50. The minimum absolute atomic E-state index is 0.0271. The Hall–Kier alpha value is -1.99. The molecule has 1 unspecified atom stereocenters. The summed E-state index contributed by atoms with van der Waals surface area (Å²) in [7, 11) is 0. The highest BCUT2D eigenvalue weighted by atomic mass is 35.5. The summed E-state index contributed by atoms with van der Waals surface area (Å²) in [6, 6.07) is 3.77. The van der Waals surface area contributed by atoms with Crippen LogP contribution in [0.4, 0.5) is 8.78 Å². The minimum Gasteiger partial charge on any atom is -0.338 e. The molecule has 5 nitrogen and oxygen atoms in total. The van der Waals surface area contributed by atoms with E-state index >= 15 is 0 Å². The number of nitrogens with zero attached hydrogens (tertiary/aromatic N) is 4. The lowest BCUT2D eigenvalue weighted by molar-refractivity contribution is -0.136. The number of rotatable bonds is 4. The number of carbonyl (C=O) groups is 1. The number of piperazine rings is 1. The van der Waals surface area contributed by atoms with Gasteiger partial charge < -0.3 is 4.90 Å². The number of aryl methyl sites for hydroxylation is 1. The number of benzene rings is 1. The maximum Gasteiger partial charge on any atom is 0.247 e. The van der Waals surface area contributed by atoms with Gasteiger partial charge >= 0.3 is 0 Å². The summed E-state index contributed by atoms with van der Waals surface area (Å²) in [4.78, 5) is 16.5. The van der Waals surface area contributed by atoms with Crippen LogP contribution >= 0.6 is 11.6 Å².